The second-order valence-electron chi connectivity index (χ2n) is 10.1. The van der Waals surface area contributed by atoms with Gasteiger partial charge in [-0.1, -0.05) is 18.2 Å². The molecule has 188 valence electrons. The van der Waals surface area contributed by atoms with Crippen molar-refractivity contribution < 1.29 is 4.79 Å². The minimum atomic E-state index is -0.161. The van der Waals surface area contributed by atoms with E-state index in [2.05, 4.69) is 39.4 Å². The van der Waals surface area contributed by atoms with Crippen molar-refractivity contribution in [3.8, 4) is 11.1 Å². The summed E-state index contributed by atoms with van der Waals surface area (Å²) in [6, 6.07) is 12.0. The summed E-state index contributed by atoms with van der Waals surface area (Å²) < 4.78 is 3.75. The number of benzene rings is 1. The molecule has 1 aromatic carbocycles. The molecule has 1 aliphatic carbocycles. The molecular formula is C28H29N7O2. The van der Waals surface area contributed by atoms with E-state index in [1.54, 1.807) is 6.20 Å². The Bertz CT molecular complexity index is 1650. The molecule has 0 bridgehead atoms. The lowest BCUT2D eigenvalue weighted by Crippen LogP contribution is -2.38. The van der Waals surface area contributed by atoms with Crippen LogP contribution < -0.4 is 10.9 Å². The average Bonchev–Trinajstić information content (AvgIpc) is 3.57. The lowest BCUT2D eigenvalue weighted by molar-refractivity contribution is 0.0919. The van der Waals surface area contributed by atoms with Crippen LogP contribution in [0.25, 0.3) is 27.5 Å². The van der Waals surface area contributed by atoms with Gasteiger partial charge in [-0.05, 0) is 63.3 Å². The first-order valence-corrected chi connectivity index (χ1v) is 12.8. The average molecular weight is 496 g/mol. The number of imidazole rings is 1. The number of aromatic nitrogens is 6. The van der Waals surface area contributed by atoms with Gasteiger partial charge in [0, 0.05) is 41.3 Å². The molecule has 9 heteroatoms. The summed E-state index contributed by atoms with van der Waals surface area (Å²) in [4.78, 5) is 29.8. The number of nitrogens with zero attached hydrogens (tertiary/aromatic N) is 5. The van der Waals surface area contributed by atoms with Crippen LogP contribution in [0.4, 0.5) is 0 Å². The van der Waals surface area contributed by atoms with Gasteiger partial charge < -0.3 is 5.32 Å². The SMILES string of the molecule is CC(C)n1cc(-c2ccn3c(C(=O)NC4CCC(c5n[nH]c(=O)c6ccccc56)CC4)cnc3c2)cn1. The van der Waals surface area contributed by atoms with Crippen LogP contribution in [-0.2, 0) is 0 Å². The second-order valence-corrected chi connectivity index (χ2v) is 10.1. The summed E-state index contributed by atoms with van der Waals surface area (Å²) in [7, 11) is 0. The molecule has 1 saturated carbocycles. The van der Waals surface area contributed by atoms with Crippen molar-refractivity contribution in [3.63, 3.8) is 0 Å². The number of carbonyl (C=O) groups excluding carboxylic acids is 1. The number of rotatable bonds is 5. The third kappa shape index (κ3) is 4.30. The van der Waals surface area contributed by atoms with E-state index in [-0.39, 0.29) is 23.4 Å². The highest BCUT2D eigenvalue weighted by Crippen LogP contribution is 2.34. The molecule has 0 radical (unpaired) electrons. The fourth-order valence-electron chi connectivity index (χ4n) is 5.32. The minimum absolute atomic E-state index is 0.0875. The van der Waals surface area contributed by atoms with Crippen molar-refractivity contribution in [2.24, 2.45) is 0 Å². The highest BCUT2D eigenvalue weighted by atomic mass is 16.2. The van der Waals surface area contributed by atoms with Crippen molar-refractivity contribution in [1.29, 1.82) is 0 Å². The van der Waals surface area contributed by atoms with Crippen LogP contribution >= 0.6 is 0 Å². The van der Waals surface area contributed by atoms with Crippen molar-refractivity contribution in [2.75, 3.05) is 0 Å². The van der Waals surface area contributed by atoms with Crippen LogP contribution in [0.3, 0.4) is 0 Å². The lowest BCUT2D eigenvalue weighted by atomic mass is 9.82. The Balaban J connectivity index is 1.14. The summed E-state index contributed by atoms with van der Waals surface area (Å²) in [5.41, 5.74) is 4.06. The normalized spacial score (nSPS) is 18.0. The Labute approximate surface area is 213 Å². The third-order valence-electron chi connectivity index (χ3n) is 7.38. The Morgan fingerprint density at radius 2 is 1.84 bits per heavy atom. The topological polar surface area (TPSA) is 110 Å². The number of nitrogens with one attached hydrogen (secondary N) is 2. The second kappa shape index (κ2) is 9.31. The quantitative estimate of drug-likeness (QED) is 0.374. The first-order valence-electron chi connectivity index (χ1n) is 12.8. The van der Waals surface area contributed by atoms with Gasteiger partial charge in [-0.3, -0.25) is 18.7 Å². The van der Waals surface area contributed by atoms with Gasteiger partial charge in [0.05, 0.1) is 23.5 Å². The van der Waals surface area contributed by atoms with E-state index in [1.807, 2.05) is 64.1 Å². The maximum absolute atomic E-state index is 13.1. The highest BCUT2D eigenvalue weighted by molar-refractivity contribution is 5.93. The number of H-pyrrole nitrogens is 1. The summed E-state index contributed by atoms with van der Waals surface area (Å²) in [5.74, 6) is 0.133. The molecule has 9 nitrogen and oxygen atoms in total. The van der Waals surface area contributed by atoms with Gasteiger partial charge >= 0.3 is 0 Å². The van der Waals surface area contributed by atoms with E-state index >= 15 is 0 Å². The number of hydrogen-bond donors (Lipinski definition) is 2. The van der Waals surface area contributed by atoms with Crippen molar-refractivity contribution in [3.05, 3.63) is 82.9 Å². The predicted molar refractivity (Wildman–Crippen MR) is 142 cm³/mol. The predicted octanol–water partition coefficient (Wildman–Crippen LogP) is 4.47. The van der Waals surface area contributed by atoms with E-state index in [0.717, 1.165) is 53.5 Å². The fraction of sp³-hybridized carbons (Fsp3) is 0.321. The molecule has 5 aromatic rings. The van der Waals surface area contributed by atoms with E-state index in [9.17, 15) is 9.59 Å². The monoisotopic (exact) mass is 495 g/mol. The molecule has 0 atom stereocenters. The molecule has 1 amide bonds. The number of pyridine rings is 1. The van der Waals surface area contributed by atoms with Crippen molar-refractivity contribution in [1.82, 2.24) is 34.7 Å². The van der Waals surface area contributed by atoms with Gasteiger partial charge in [0.25, 0.3) is 11.5 Å². The Morgan fingerprint density at radius 3 is 2.59 bits per heavy atom. The highest BCUT2D eigenvalue weighted by Gasteiger charge is 2.27. The van der Waals surface area contributed by atoms with Crippen LogP contribution in [0.2, 0.25) is 0 Å². The number of carbonyl (C=O) groups is 1. The van der Waals surface area contributed by atoms with Crippen LogP contribution in [0, 0.1) is 0 Å². The Hall–Kier alpha value is -4.27. The molecule has 0 saturated heterocycles. The van der Waals surface area contributed by atoms with Crippen LogP contribution in [0.15, 0.2) is 66.0 Å². The molecule has 0 aliphatic heterocycles. The third-order valence-corrected chi connectivity index (χ3v) is 7.38. The van der Waals surface area contributed by atoms with E-state index in [4.69, 9.17) is 0 Å². The maximum atomic E-state index is 13.1. The van der Waals surface area contributed by atoms with E-state index in [1.165, 1.54) is 0 Å². The molecule has 4 aromatic heterocycles. The molecule has 6 rings (SSSR count). The molecule has 1 aliphatic rings. The molecule has 1 fully saturated rings. The standard InChI is InChI=1S/C28H29N7O2/c1-17(2)35-16-20(14-30-35)19-11-12-34-24(15-29-25(34)13-19)28(37)31-21-9-7-18(8-10-21)26-22-5-3-4-6-23(22)27(36)33-32-26/h3-6,11-18,21H,7-10H2,1-2H3,(H,31,37)(H,33,36). The summed E-state index contributed by atoms with van der Waals surface area (Å²) >= 11 is 0. The zero-order valence-corrected chi connectivity index (χ0v) is 20.9. The molecular weight excluding hydrogens is 466 g/mol. The van der Waals surface area contributed by atoms with Gasteiger partial charge in [-0.25, -0.2) is 10.1 Å². The first kappa shape index (κ1) is 23.1. The zero-order valence-electron chi connectivity index (χ0n) is 20.9. The first-order chi connectivity index (χ1) is 18.0. The fourth-order valence-corrected chi connectivity index (χ4v) is 5.32. The molecule has 4 heterocycles. The Morgan fingerprint density at radius 1 is 1.05 bits per heavy atom. The Kier molecular flexibility index (Phi) is 5.82. The van der Waals surface area contributed by atoms with Gasteiger partial charge in [0.15, 0.2) is 0 Å². The van der Waals surface area contributed by atoms with Gasteiger partial charge in [0.2, 0.25) is 0 Å². The summed E-state index contributed by atoms with van der Waals surface area (Å²) in [5, 5.41) is 16.3. The van der Waals surface area contributed by atoms with Crippen molar-refractivity contribution >= 4 is 22.3 Å². The molecule has 2 N–H and O–H groups in total. The lowest BCUT2D eigenvalue weighted by Gasteiger charge is -2.29. The number of aromatic amines is 1. The van der Waals surface area contributed by atoms with Crippen LogP contribution in [-0.4, -0.2) is 41.3 Å². The maximum Gasteiger partial charge on any atom is 0.272 e. The van der Waals surface area contributed by atoms with Crippen molar-refractivity contribution in [2.45, 2.75) is 57.5 Å². The molecule has 37 heavy (non-hydrogen) atoms. The number of hydrogen-bond acceptors (Lipinski definition) is 5. The van der Waals surface area contributed by atoms with E-state index < -0.39 is 0 Å². The molecule has 0 unspecified atom stereocenters. The summed E-state index contributed by atoms with van der Waals surface area (Å²) in [6.07, 6.45) is 10.9. The van der Waals surface area contributed by atoms with E-state index in [0.29, 0.717) is 17.1 Å². The van der Waals surface area contributed by atoms with Crippen LogP contribution in [0.5, 0.6) is 0 Å². The smallest absolute Gasteiger partial charge is 0.272 e. The van der Waals surface area contributed by atoms with Gasteiger partial charge in [0.1, 0.15) is 11.3 Å². The minimum Gasteiger partial charge on any atom is -0.348 e. The van der Waals surface area contributed by atoms with Crippen LogP contribution in [0.1, 0.15) is 67.7 Å². The number of amides is 1. The number of fused-ring (bicyclic) bond motifs is 2. The summed E-state index contributed by atoms with van der Waals surface area (Å²) in [6.45, 7) is 4.18. The zero-order chi connectivity index (χ0) is 25.5. The molecule has 0 spiro atoms. The largest absolute Gasteiger partial charge is 0.348 e. The van der Waals surface area contributed by atoms with Gasteiger partial charge in [-0.15, -0.1) is 0 Å². The van der Waals surface area contributed by atoms with Gasteiger partial charge in [-0.2, -0.15) is 10.2 Å².